The quantitative estimate of drug-likeness (QED) is 0.898. The molecule has 2 aromatic rings. The van der Waals surface area contributed by atoms with Gasteiger partial charge in [-0.1, -0.05) is 27.7 Å². The number of fused-ring (bicyclic) bond motifs is 1. The molecule has 2 aromatic heterocycles. The predicted molar refractivity (Wildman–Crippen MR) is 96.6 cm³/mol. The molecule has 7 nitrogen and oxygen atoms in total. The minimum atomic E-state index is -0.109. The Morgan fingerprint density at radius 1 is 1.28 bits per heavy atom. The van der Waals surface area contributed by atoms with Crippen LogP contribution in [-0.2, 0) is 36.1 Å². The molecule has 0 amide bonds. The summed E-state index contributed by atoms with van der Waals surface area (Å²) in [5.74, 6) is 3.70. The first kappa shape index (κ1) is 17.8. The van der Waals surface area contributed by atoms with Crippen molar-refractivity contribution in [3.63, 3.8) is 0 Å². The van der Waals surface area contributed by atoms with Gasteiger partial charge in [0.05, 0.1) is 18.8 Å². The van der Waals surface area contributed by atoms with Crippen molar-refractivity contribution in [1.29, 1.82) is 0 Å². The van der Waals surface area contributed by atoms with Crippen LogP contribution in [0.25, 0.3) is 0 Å². The number of aromatic nitrogens is 5. The average Bonchev–Trinajstić information content (AvgIpc) is 2.96. The van der Waals surface area contributed by atoms with Crippen LogP contribution in [0.5, 0.6) is 0 Å². The van der Waals surface area contributed by atoms with E-state index >= 15 is 0 Å². The third-order valence-electron chi connectivity index (χ3n) is 4.31. The van der Waals surface area contributed by atoms with Crippen molar-refractivity contribution in [2.45, 2.75) is 71.6 Å². The molecule has 0 fully saturated rings. The van der Waals surface area contributed by atoms with Gasteiger partial charge in [-0.15, -0.1) is 0 Å². The molecular formula is C18H28N6O. The van der Waals surface area contributed by atoms with Crippen LogP contribution < -0.4 is 5.32 Å². The van der Waals surface area contributed by atoms with Gasteiger partial charge in [-0.25, -0.2) is 19.6 Å². The van der Waals surface area contributed by atoms with Crippen molar-refractivity contribution in [1.82, 2.24) is 24.7 Å². The highest BCUT2D eigenvalue weighted by Crippen LogP contribution is 2.22. The number of methoxy groups -OCH3 is 1. The molecule has 0 bridgehead atoms. The van der Waals surface area contributed by atoms with Crippen molar-refractivity contribution in [3.05, 3.63) is 29.2 Å². The Morgan fingerprint density at radius 3 is 2.76 bits per heavy atom. The lowest BCUT2D eigenvalue weighted by Gasteiger charge is -2.25. The van der Waals surface area contributed by atoms with Crippen molar-refractivity contribution in [2.75, 3.05) is 12.4 Å². The first-order chi connectivity index (χ1) is 11.9. The highest BCUT2D eigenvalue weighted by atomic mass is 16.5. The third kappa shape index (κ3) is 4.15. The number of rotatable bonds is 5. The first-order valence-electron chi connectivity index (χ1n) is 8.95. The molecule has 136 valence electrons. The summed E-state index contributed by atoms with van der Waals surface area (Å²) in [6.45, 7) is 9.75. The van der Waals surface area contributed by atoms with Gasteiger partial charge in [-0.05, 0) is 6.42 Å². The molecule has 1 unspecified atom stereocenters. The van der Waals surface area contributed by atoms with E-state index < -0.39 is 0 Å². The lowest BCUT2D eigenvalue weighted by Crippen LogP contribution is -2.32. The van der Waals surface area contributed by atoms with E-state index in [0.29, 0.717) is 6.61 Å². The van der Waals surface area contributed by atoms with E-state index in [1.807, 2.05) is 10.7 Å². The Balaban J connectivity index is 1.79. The molecule has 0 spiro atoms. The predicted octanol–water partition coefficient (Wildman–Crippen LogP) is 2.50. The van der Waals surface area contributed by atoms with Gasteiger partial charge in [0.25, 0.3) is 0 Å². The molecule has 3 heterocycles. The highest BCUT2D eigenvalue weighted by molar-refractivity contribution is 5.38. The summed E-state index contributed by atoms with van der Waals surface area (Å²) in [5.41, 5.74) is 0.789. The number of aryl methyl sites for hydroxylation is 2. The monoisotopic (exact) mass is 344 g/mol. The number of hydrogen-bond acceptors (Lipinski definition) is 6. The molecule has 1 N–H and O–H groups in total. The van der Waals surface area contributed by atoms with Gasteiger partial charge in [-0.2, -0.15) is 5.10 Å². The molecule has 3 rings (SSSR count). The number of hydrogen-bond donors (Lipinski definition) is 1. The standard InChI is InChI=1S/C18H28N6O/c1-6-14-21-16-8-7-12(10-24(16)23-14)19-15-9-13(11-25-5)20-17(22-15)18(2,3)4/h9,12H,6-8,10-11H2,1-5H3,(H,19,20,22). The van der Waals surface area contributed by atoms with Gasteiger partial charge < -0.3 is 10.1 Å². The molecule has 1 aliphatic rings. The normalized spacial score (nSPS) is 17.4. The van der Waals surface area contributed by atoms with Crippen molar-refractivity contribution in [2.24, 2.45) is 0 Å². The molecule has 0 aliphatic carbocycles. The Hall–Kier alpha value is -2.02. The number of nitrogens with one attached hydrogen (secondary N) is 1. The summed E-state index contributed by atoms with van der Waals surface area (Å²) >= 11 is 0. The topological polar surface area (TPSA) is 77.8 Å². The maximum absolute atomic E-state index is 5.26. The van der Waals surface area contributed by atoms with Crippen LogP contribution in [0.3, 0.4) is 0 Å². The summed E-state index contributed by atoms with van der Waals surface area (Å²) in [6.07, 6.45) is 2.84. The molecular weight excluding hydrogens is 316 g/mol. The van der Waals surface area contributed by atoms with Gasteiger partial charge in [0, 0.05) is 37.5 Å². The van der Waals surface area contributed by atoms with Crippen LogP contribution in [0.2, 0.25) is 0 Å². The summed E-state index contributed by atoms with van der Waals surface area (Å²) in [6, 6.07) is 2.27. The number of ether oxygens (including phenoxy) is 1. The minimum Gasteiger partial charge on any atom is -0.378 e. The average molecular weight is 344 g/mol. The fourth-order valence-electron chi connectivity index (χ4n) is 2.97. The SMILES string of the molecule is CCc1nc2n(n1)CC(Nc1cc(COC)nc(C(C)(C)C)n1)CC2. The Kier molecular flexibility index (Phi) is 5.03. The van der Waals surface area contributed by atoms with Crippen LogP contribution in [-0.4, -0.2) is 37.9 Å². The summed E-state index contributed by atoms with van der Waals surface area (Å²) < 4.78 is 7.29. The van der Waals surface area contributed by atoms with Crippen LogP contribution >= 0.6 is 0 Å². The summed E-state index contributed by atoms with van der Waals surface area (Å²) in [7, 11) is 1.69. The fraction of sp³-hybridized carbons (Fsp3) is 0.667. The molecule has 1 aliphatic heterocycles. The third-order valence-corrected chi connectivity index (χ3v) is 4.31. The lowest BCUT2D eigenvalue weighted by molar-refractivity contribution is 0.181. The van der Waals surface area contributed by atoms with Gasteiger partial charge in [0.2, 0.25) is 0 Å². The Morgan fingerprint density at radius 2 is 2.08 bits per heavy atom. The Labute approximate surface area is 149 Å². The Bertz CT molecular complexity index is 734. The second kappa shape index (κ2) is 7.07. The van der Waals surface area contributed by atoms with E-state index in [1.165, 1.54) is 0 Å². The molecule has 0 aromatic carbocycles. The number of anilines is 1. The molecule has 0 radical (unpaired) electrons. The summed E-state index contributed by atoms with van der Waals surface area (Å²) in [4.78, 5) is 13.9. The van der Waals surface area contributed by atoms with E-state index in [0.717, 1.165) is 54.8 Å². The van der Waals surface area contributed by atoms with Gasteiger partial charge in [0.15, 0.2) is 5.82 Å². The molecule has 25 heavy (non-hydrogen) atoms. The minimum absolute atomic E-state index is 0.109. The van der Waals surface area contributed by atoms with Crippen molar-refractivity contribution in [3.8, 4) is 0 Å². The molecule has 7 heteroatoms. The first-order valence-corrected chi connectivity index (χ1v) is 8.95. The van der Waals surface area contributed by atoms with Crippen LogP contribution in [0.1, 0.15) is 57.3 Å². The maximum Gasteiger partial charge on any atom is 0.150 e. The summed E-state index contributed by atoms with van der Waals surface area (Å²) in [5, 5.41) is 8.14. The fourth-order valence-corrected chi connectivity index (χ4v) is 2.97. The van der Waals surface area contributed by atoms with Gasteiger partial charge in [0.1, 0.15) is 17.5 Å². The molecule has 0 saturated heterocycles. The van der Waals surface area contributed by atoms with E-state index in [4.69, 9.17) is 9.72 Å². The zero-order valence-corrected chi connectivity index (χ0v) is 15.8. The molecule has 0 saturated carbocycles. The van der Waals surface area contributed by atoms with E-state index in [9.17, 15) is 0 Å². The maximum atomic E-state index is 5.26. The van der Waals surface area contributed by atoms with Crippen LogP contribution in [0, 0.1) is 0 Å². The largest absolute Gasteiger partial charge is 0.378 e. The second-order valence-corrected chi connectivity index (χ2v) is 7.61. The van der Waals surface area contributed by atoms with Crippen molar-refractivity contribution >= 4 is 5.82 Å². The number of nitrogens with zero attached hydrogens (tertiary/aromatic N) is 5. The second-order valence-electron chi connectivity index (χ2n) is 7.61. The smallest absolute Gasteiger partial charge is 0.150 e. The van der Waals surface area contributed by atoms with E-state index in [2.05, 4.69) is 48.1 Å². The zero-order valence-electron chi connectivity index (χ0n) is 15.8. The molecule has 1 atom stereocenters. The lowest BCUT2D eigenvalue weighted by atomic mass is 9.95. The van der Waals surface area contributed by atoms with E-state index in [-0.39, 0.29) is 11.5 Å². The van der Waals surface area contributed by atoms with Crippen LogP contribution in [0.15, 0.2) is 6.07 Å². The van der Waals surface area contributed by atoms with Gasteiger partial charge in [-0.3, -0.25) is 0 Å². The highest BCUT2D eigenvalue weighted by Gasteiger charge is 2.23. The van der Waals surface area contributed by atoms with E-state index in [1.54, 1.807) is 7.11 Å². The van der Waals surface area contributed by atoms with Gasteiger partial charge >= 0.3 is 0 Å². The zero-order chi connectivity index (χ0) is 18.0. The van der Waals surface area contributed by atoms with Crippen molar-refractivity contribution < 1.29 is 4.74 Å². The van der Waals surface area contributed by atoms with Crippen LogP contribution in [0.4, 0.5) is 5.82 Å².